The summed E-state index contributed by atoms with van der Waals surface area (Å²) in [5, 5.41) is 5.73. The SMILES string of the molecule is O=C(Nc1ccc(C(F)(F)F)cc1)c1ccno1. The van der Waals surface area contributed by atoms with Gasteiger partial charge >= 0.3 is 6.18 Å². The maximum Gasteiger partial charge on any atom is 0.416 e. The third kappa shape index (κ3) is 2.68. The fourth-order valence-electron chi connectivity index (χ4n) is 1.27. The van der Waals surface area contributed by atoms with Crippen LogP contribution in [0.25, 0.3) is 0 Å². The molecule has 1 heterocycles. The normalized spacial score (nSPS) is 11.3. The van der Waals surface area contributed by atoms with Crippen molar-refractivity contribution in [3.8, 4) is 0 Å². The number of carbonyl (C=O) groups excluding carboxylic acids is 1. The molecule has 1 N–H and O–H groups in total. The topological polar surface area (TPSA) is 55.1 Å². The molecule has 0 saturated carbocycles. The van der Waals surface area contributed by atoms with Crippen LogP contribution in [0.2, 0.25) is 0 Å². The molecule has 1 aromatic heterocycles. The van der Waals surface area contributed by atoms with E-state index in [4.69, 9.17) is 0 Å². The first-order valence-corrected chi connectivity index (χ1v) is 4.86. The second kappa shape index (κ2) is 4.52. The van der Waals surface area contributed by atoms with E-state index in [0.717, 1.165) is 24.3 Å². The lowest BCUT2D eigenvalue weighted by Crippen LogP contribution is -2.11. The highest BCUT2D eigenvalue weighted by Crippen LogP contribution is 2.29. The Bertz CT molecular complexity index is 532. The van der Waals surface area contributed by atoms with Gasteiger partial charge in [0.2, 0.25) is 5.76 Å². The Morgan fingerprint density at radius 1 is 1.17 bits per heavy atom. The lowest BCUT2D eigenvalue weighted by molar-refractivity contribution is -0.137. The molecule has 0 atom stereocenters. The molecule has 1 amide bonds. The highest BCUT2D eigenvalue weighted by atomic mass is 19.4. The lowest BCUT2D eigenvalue weighted by atomic mass is 10.2. The standard InChI is InChI=1S/C11H7F3N2O2/c12-11(13,14)7-1-3-8(4-2-7)16-10(17)9-5-6-15-18-9/h1-6H,(H,16,17). The van der Waals surface area contributed by atoms with Gasteiger partial charge in [-0.2, -0.15) is 13.2 Å². The molecular weight excluding hydrogens is 249 g/mol. The van der Waals surface area contributed by atoms with Crippen molar-refractivity contribution in [1.29, 1.82) is 0 Å². The number of halogens is 3. The summed E-state index contributed by atoms with van der Waals surface area (Å²) in [5.41, 5.74) is -0.537. The molecule has 0 saturated heterocycles. The Morgan fingerprint density at radius 3 is 2.33 bits per heavy atom. The number of benzene rings is 1. The van der Waals surface area contributed by atoms with E-state index in [1.165, 1.54) is 12.3 Å². The smallest absolute Gasteiger partial charge is 0.351 e. The minimum absolute atomic E-state index is 0.0186. The molecule has 1 aromatic carbocycles. The zero-order valence-electron chi connectivity index (χ0n) is 8.86. The van der Waals surface area contributed by atoms with Crippen LogP contribution in [0, 0.1) is 0 Å². The molecule has 0 aliphatic heterocycles. The number of rotatable bonds is 2. The van der Waals surface area contributed by atoms with Gasteiger partial charge in [-0.05, 0) is 24.3 Å². The first-order valence-electron chi connectivity index (χ1n) is 4.86. The number of carbonyl (C=O) groups is 1. The van der Waals surface area contributed by atoms with E-state index in [-0.39, 0.29) is 11.4 Å². The minimum Gasteiger partial charge on any atom is -0.351 e. The molecule has 2 aromatic rings. The minimum atomic E-state index is -4.40. The lowest BCUT2D eigenvalue weighted by Gasteiger charge is -2.07. The van der Waals surface area contributed by atoms with Crippen LogP contribution in [0.15, 0.2) is 41.1 Å². The number of hydrogen-bond acceptors (Lipinski definition) is 3. The molecule has 2 rings (SSSR count). The second-order valence-corrected chi connectivity index (χ2v) is 3.41. The van der Waals surface area contributed by atoms with Crippen molar-refractivity contribution in [2.45, 2.75) is 6.18 Å². The van der Waals surface area contributed by atoms with Crippen molar-refractivity contribution < 1.29 is 22.5 Å². The van der Waals surface area contributed by atoms with Crippen molar-refractivity contribution in [3.05, 3.63) is 47.9 Å². The molecule has 94 valence electrons. The maximum absolute atomic E-state index is 12.3. The van der Waals surface area contributed by atoms with Crippen LogP contribution in [-0.2, 0) is 6.18 Å². The van der Waals surface area contributed by atoms with Gasteiger partial charge in [0, 0.05) is 11.8 Å². The van der Waals surface area contributed by atoms with Gasteiger partial charge in [-0.1, -0.05) is 5.16 Å². The van der Waals surface area contributed by atoms with Crippen molar-refractivity contribution in [1.82, 2.24) is 5.16 Å². The molecule has 4 nitrogen and oxygen atoms in total. The van der Waals surface area contributed by atoms with Crippen LogP contribution in [0.4, 0.5) is 18.9 Å². The number of aromatic nitrogens is 1. The number of amides is 1. The molecule has 0 fully saturated rings. The predicted molar refractivity (Wildman–Crippen MR) is 55.9 cm³/mol. The van der Waals surface area contributed by atoms with E-state index in [0.29, 0.717) is 0 Å². The number of anilines is 1. The van der Waals surface area contributed by atoms with Crippen molar-refractivity contribution in [2.75, 3.05) is 5.32 Å². The van der Waals surface area contributed by atoms with Crippen molar-refractivity contribution in [2.24, 2.45) is 0 Å². The van der Waals surface area contributed by atoms with E-state index in [2.05, 4.69) is 15.0 Å². The third-order valence-corrected chi connectivity index (χ3v) is 2.13. The summed E-state index contributed by atoms with van der Waals surface area (Å²) in [6.07, 6.45) is -3.10. The summed E-state index contributed by atoms with van der Waals surface area (Å²) in [6, 6.07) is 5.44. The average Bonchev–Trinajstić information content (AvgIpc) is 2.82. The van der Waals surface area contributed by atoms with Gasteiger partial charge in [-0.15, -0.1) is 0 Å². The van der Waals surface area contributed by atoms with E-state index in [1.807, 2.05) is 0 Å². The zero-order valence-corrected chi connectivity index (χ0v) is 8.86. The fraction of sp³-hybridized carbons (Fsp3) is 0.0909. The first-order chi connectivity index (χ1) is 8.47. The van der Waals surface area contributed by atoms with Gasteiger partial charge in [-0.25, -0.2) is 0 Å². The molecular formula is C11H7F3N2O2. The average molecular weight is 256 g/mol. The molecule has 0 spiro atoms. The Labute approximate surface area is 99.4 Å². The van der Waals surface area contributed by atoms with E-state index in [9.17, 15) is 18.0 Å². The van der Waals surface area contributed by atoms with E-state index < -0.39 is 17.6 Å². The third-order valence-electron chi connectivity index (χ3n) is 2.13. The number of nitrogens with one attached hydrogen (secondary N) is 1. The van der Waals surface area contributed by atoms with Gasteiger partial charge in [0.15, 0.2) is 0 Å². The molecule has 7 heteroatoms. The van der Waals surface area contributed by atoms with Crippen LogP contribution in [-0.4, -0.2) is 11.1 Å². The monoisotopic (exact) mass is 256 g/mol. The van der Waals surface area contributed by atoms with Crippen molar-refractivity contribution >= 4 is 11.6 Å². The van der Waals surface area contributed by atoms with Gasteiger partial charge < -0.3 is 9.84 Å². The summed E-state index contributed by atoms with van der Waals surface area (Å²) in [4.78, 5) is 11.5. The Hall–Kier alpha value is -2.31. The molecule has 18 heavy (non-hydrogen) atoms. The summed E-state index contributed by atoms with van der Waals surface area (Å²) in [7, 11) is 0. The summed E-state index contributed by atoms with van der Waals surface area (Å²) < 4.78 is 41.5. The van der Waals surface area contributed by atoms with Crippen LogP contribution in [0.5, 0.6) is 0 Å². The Morgan fingerprint density at radius 2 is 1.83 bits per heavy atom. The summed E-state index contributed by atoms with van der Waals surface area (Å²) >= 11 is 0. The predicted octanol–water partition coefficient (Wildman–Crippen LogP) is 2.95. The van der Waals surface area contributed by atoms with Crippen molar-refractivity contribution in [3.63, 3.8) is 0 Å². The van der Waals surface area contributed by atoms with Crippen LogP contribution < -0.4 is 5.32 Å². The quantitative estimate of drug-likeness (QED) is 0.898. The highest BCUT2D eigenvalue weighted by molar-refractivity contribution is 6.02. The largest absolute Gasteiger partial charge is 0.416 e. The van der Waals surface area contributed by atoms with Crippen LogP contribution >= 0.6 is 0 Å². The van der Waals surface area contributed by atoms with Crippen LogP contribution in [0.3, 0.4) is 0 Å². The maximum atomic E-state index is 12.3. The molecule has 0 unspecified atom stereocenters. The first kappa shape index (κ1) is 12.2. The number of alkyl halides is 3. The van der Waals surface area contributed by atoms with Crippen LogP contribution in [0.1, 0.15) is 16.1 Å². The van der Waals surface area contributed by atoms with Gasteiger partial charge in [0.25, 0.3) is 5.91 Å². The van der Waals surface area contributed by atoms with Gasteiger partial charge in [0.05, 0.1) is 11.8 Å². The summed E-state index contributed by atoms with van der Waals surface area (Å²) in [6.45, 7) is 0. The Kier molecular flexibility index (Phi) is 3.05. The number of hydrogen-bond donors (Lipinski definition) is 1. The van der Waals surface area contributed by atoms with E-state index >= 15 is 0 Å². The molecule has 0 radical (unpaired) electrons. The summed E-state index contributed by atoms with van der Waals surface area (Å²) in [5.74, 6) is -0.595. The molecule has 0 bridgehead atoms. The van der Waals surface area contributed by atoms with E-state index in [1.54, 1.807) is 0 Å². The van der Waals surface area contributed by atoms with Gasteiger partial charge in [0.1, 0.15) is 0 Å². The zero-order chi connectivity index (χ0) is 13.2. The molecule has 0 aliphatic carbocycles. The Balaban J connectivity index is 2.09. The second-order valence-electron chi connectivity index (χ2n) is 3.41. The molecule has 0 aliphatic rings. The number of nitrogens with zero attached hydrogens (tertiary/aromatic N) is 1. The highest BCUT2D eigenvalue weighted by Gasteiger charge is 2.30. The fourth-order valence-corrected chi connectivity index (χ4v) is 1.27. The van der Waals surface area contributed by atoms with Gasteiger partial charge in [-0.3, -0.25) is 4.79 Å².